The van der Waals surface area contributed by atoms with Crippen LogP contribution in [0.2, 0.25) is 0 Å². The van der Waals surface area contributed by atoms with Gasteiger partial charge in [0.2, 0.25) is 0 Å². The van der Waals surface area contributed by atoms with Gasteiger partial charge in [-0.2, -0.15) is 0 Å². The van der Waals surface area contributed by atoms with Gasteiger partial charge in [0.25, 0.3) is 5.91 Å². The van der Waals surface area contributed by atoms with Crippen LogP contribution in [0.25, 0.3) is 0 Å². The lowest BCUT2D eigenvalue weighted by Gasteiger charge is -2.28. The maximum atomic E-state index is 12.1. The van der Waals surface area contributed by atoms with Crippen molar-refractivity contribution in [2.75, 3.05) is 27.2 Å². The smallest absolute Gasteiger partial charge is 0.251 e. The fraction of sp³-hybridized carbons (Fsp3) is 0.533. The monoisotopic (exact) mass is 326 g/mol. The summed E-state index contributed by atoms with van der Waals surface area (Å²) < 4.78 is 0.965. The molecule has 0 aliphatic heterocycles. The molecule has 1 rings (SSSR count). The number of carbonyl (C=O) groups is 1. The lowest BCUT2D eigenvalue weighted by Crippen LogP contribution is -2.39. The highest BCUT2D eigenvalue weighted by molar-refractivity contribution is 9.10. The van der Waals surface area contributed by atoms with Crippen molar-refractivity contribution in [1.82, 2.24) is 10.2 Å². The van der Waals surface area contributed by atoms with E-state index in [1.165, 1.54) is 0 Å². The third-order valence-corrected chi connectivity index (χ3v) is 3.76. The zero-order valence-corrected chi connectivity index (χ0v) is 14.0. The molecule has 19 heavy (non-hydrogen) atoms. The van der Waals surface area contributed by atoms with Gasteiger partial charge in [-0.1, -0.05) is 35.8 Å². The topological polar surface area (TPSA) is 32.3 Å². The molecule has 1 aromatic rings. The number of rotatable bonds is 5. The van der Waals surface area contributed by atoms with Crippen molar-refractivity contribution in [2.45, 2.75) is 20.8 Å². The van der Waals surface area contributed by atoms with Crippen molar-refractivity contribution in [3.63, 3.8) is 0 Å². The molecule has 0 spiro atoms. The highest BCUT2D eigenvalue weighted by Crippen LogP contribution is 2.18. The van der Waals surface area contributed by atoms with Gasteiger partial charge in [0.1, 0.15) is 0 Å². The number of amides is 1. The summed E-state index contributed by atoms with van der Waals surface area (Å²) in [6.07, 6.45) is 0. The number of halogens is 1. The number of nitrogens with one attached hydrogen (secondary N) is 1. The second-order valence-electron chi connectivity index (χ2n) is 6.05. The maximum Gasteiger partial charge on any atom is 0.251 e. The standard InChI is InChI=1S/C15H23BrN2O/c1-11-6-7-12(8-13(11)16)14(19)17-9-15(2,3)10-18(4)5/h6-8H,9-10H2,1-5H3,(H,17,19). The molecule has 0 radical (unpaired) electrons. The first-order chi connectivity index (χ1) is 8.71. The Morgan fingerprint density at radius 2 is 2.00 bits per heavy atom. The number of nitrogens with zero attached hydrogens (tertiary/aromatic N) is 1. The minimum Gasteiger partial charge on any atom is -0.351 e. The Morgan fingerprint density at radius 3 is 2.53 bits per heavy atom. The van der Waals surface area contributed by atoms with Crippen LogP contribution >= 0.6 is 15.9 Å². The van der Waals surface area contributed by atoms with Crippen LogP contribution in [0.1, 0.15) is 29.8 Å². The SMILES string of the molecule is Cc1ccc(C(=O)NCC(C)(C)CN(C)C)cc1Br. The molecule has 0 unspecified atom stereocenters. The van der Waals surface area contributed by atoms with Crippen LogP contribution in [-0.2, 0) is 0 Å². The quantitative estimate of drug-likeness (QED) is 0.901. The summed E-state index contributed by atoms with van der Waals surface area (Å²) in [5.41, 5.74) is 1.88. The van der Waals surface area contributed by atoms with E-state index in [1.807, 2.05) is 39.2 Å². The number of benzene rings is 1. The van der Waals surface area contributed by atoms with Gasteiger partial charge in [-0.05, 0) is 44.1 Å². The summed E-state index contributed by atoms with van der Waals surface area (Å²) in [5, 5.41) is 3.00. The average molecular weight is 327 g/mol. The number of aryl methyl sites for hydroxylation is 1. The molecule has 1 aromatic carbocycles. The van der Waals surface area contributed by atoms with Gasteiger partial charge in [-0.3, -0.25) is 4.79 Å². The molecule has 0 aliphatic carbocycles. The molecule has 0 aromatic heterocycles. The van der Waals surface area contributed by atoms with Crippen LogP contribution in [-0.4, -0.2) is 38.0 Å². The third-order valence-electron chi connectivity index (χ3n) is 2.91. The Labute approximate surface area is 124 Å². The van der Waals surface area contributed by atoms with Crippen LogP contribution < -0.4 is 5.32 Å². The Kier molecular flexibility index (Phi) is 5.56. The highest BCUT2D eigenvalue weighted by atomic mass is 79.9. The predicted molar refractivity (Wildman–Crippen MR) is 83.5 cm³/mol. The molecule has 0 saturated carbocycles. The van der Waals surface area contributed by atoms with Crippen LogP contribution in [0.15, 0.2) is 22.7 Å². The molecule has 0 heterocycles. The molecule has 0 bridgehead atoms. The van der Waals surface area contributed by atoms with Gasteiger partial charge in [0.15, 0.2) is 0 Å². The summed E-state index contributed by atoms with van der Waals surface area (Å²) in [6.45, 7) is 7.91. The van der Waals surface area contributed by atoms with Gasteiger partial charge >= 0.3 is 0 Å². The third kappa shape index (κ3) is 5.33. The van der Waals surface area contributed by atoms with Crippen molar-refractivity contribution < 1.29 is 4.79 Å². The van der Waals surface area contributed by atoms with Crippen molar-refractivity contribution in [3.05, 3.63) is 33.8 Å². The molecule has 4 heteroatoms. The van der Waals surface area contributed by atoms with Gasteiger partial charge in [-0.25, -0.2) is 0 Å². The van der Waals surface area contributed by atoms with Crippen LogP contribution in [0.3, 0.4) is 0 Å². The number of carbonyl (C=O) groups excluding carboxylic acids is 1. The van der Waals surface area contributed by atoms with Crippen molar-refractivity contribution in [2.24, 2.45) is 5.41 Å². The zero-order valence-electron chi connectivity index (χ0n) is 12.4. The predicted octanol–water partition coefficient (Wildman–Crippen LogP) is 3.08. The lowest BCUT2D eigenvalue weighted by molar-refractivity contribution is 0.0929. The van der Waals surface area contributed by atoms with E-state index in [4.69, 9.17) is 0 Å². The molecule has 1 N–H and O–H groups in total. The number of hydrogen-bond donors (Lipinski definition) is 1. The van der Waals surface area contributed by atoms with E-state index in [2.05, 4.69) is 40.0 Å². The van der Waals surface area contributed by atoms with Gasteiger partial charge < -0.3 is 10.2 Å². The van der Waals surface area contributed by atoms with Crippen LogP contribution in [0.5, 0.6) is 0 Å². The molecular formula is C15H23BrN2O. The van der Waals surface area contributed by atoms with Gasteiger partial charge in [-0.15, -0.1) is 0 Å². The van der Waals surface area contributed by atoms with E-state index >= 15 is 0 Å². The fourth-order valence-electron chi connectivity index (χ4n) is 2.07. The molecule has 0 fully saturated rings. The minimum absolute atomic E-state index is 0.0208. The first kappa shape index (κ1) is 16.2. The normalized spacial score (nSPS) is 11.7. The summed E-state index contributed by atoms with van der Waals surface area (Å²) in [6, 6.07) is 5.67. The average Bonchev–Trinajstić information content (AvgIpc) is 2.28. The van der Waals surface area contributed by atoms with Gasteiger partial charge in [0, 0.05) is 23.1 Å². The van der Waals surface area contributed by atoms with Crippen molar-refractivity contribution >= 4 is 21.8 Å². The fourth-order valence-corrected chi connectivity index (χ4v) is 2.45. The van der Waals surface area contributed by atoms with Gasteiger partial charge in [0.05, 0.1) is 0 Å². The Bertz CT molecular complexity index is 455. The van der Waals surface area contributed by atoms with Crippen LogP contribution in [0.4, 0.5) is 0 Å². The van der Waals surface area contributed by atoms with E-state index in [1.54, 1.807) is 0 Å². The van der Waals surface area contributed by atoms with Crippen molar-refractivity contribution in [3.8, 4) is 0 Å². The minimum atomic E-state index is -0.0208. The second-order valence-corrected chi connectivity index (χ2v) is 6.90. The summed E-state index contributed by atoms with van der Waals surface area (Å²) in [4.78, 5) is 14.2. The summed E-state index contributed by atoms with van der Waals surface area (Å²) in [7, 11) is 4.08. The van der Waals surface area contributed by atoms with E-state index in [9.17, 15) is 4.79 Å². The first-order valence-corrected chi connectivity index (χ1v) is 7.20. The van der Waals surface area contributed by atoms with Crippen LogP contribution in [0, 0.1) is 12.3 Å². The van der Waals surface area contributed by atoms with Crippen molar-refractivity contribution in [1.29, 1.82) is 0 Å². The van der Waals surface area contributed by atoms with E-state index < -0.39 is 0 Å². The highest BCUT2D eigenvalue weighted by Gasteiger charge is 2.20. The van der Waals surface area contributed by atoms with E-state index in [0.29, 0.717) is 12.1 Å². The molecule has 0 saturated heterocycles. The Hall–Kier alpha value is -0.870. The lowest BCUT2D eigenvalue weighted by atomic mass is 9.93. The molecule has 106 valence electrons. The Balaban J connectivity index is 2.62. The molecule has 1 amide bonds. The maximum absolute atomic E-state index is 12.1. The molecule has 0 atom stereocenters. The first-order valence-electron chi connectivity index (χ1n) is 6.40. The van der Waals surface area contributed by atoms with E-state index in [0.717, 1.165) is 16.6 Å². The molecular weight excluding hydrogens is 304 g/mol. The largest absolute Gasteiger partial charge is 0.351 e. The summed E-state index contributed by atoms with van der Waals surface area (Å²) >= 11 is 3.45. The van der Waals surface area contributed by atoms with E-state index in [-0.39, 0.29) is 11.3 Å². The zero-order chi connectivity index (χ0) is 14.6. The Morgan fingerprint density at radius 1 is 1.37 bits per heavy atom. The summed E-state index contributed by atoms with van der Waals surface area (Å²) in [5.74, 6) is -0.0208. The molecule has 0 aliphatic rings. The molecule has 3 nitrogen and oxygen atoms in total. The second kappa shape index (κ2) is 6.53. The number of hydrogen-bond acceptors (Lipinski definition) is 2.